The van der Waals surface area contributed by atoms with Gasteiger partial charge in [0.15, 0.2) is 0 Å². The Hall–Kier alpha value is -3.09. The number of nitriles is 1. The quantitative estimate of drug-likeness (QED) is 0.170. The van der Waals surface area contributed by atoms with Crippen LogP contribution < -0.4 is 4.90 Å². The molecule has 0 bridgehead atoms. The van der Waals surface area contributed by atoms with Crippen LogP contribution in [0, 0.1) is 17.2 Å². The van der Waals surface area contributed by atoms with Crippen molar-refractivity contribution in [2.75, 3.05) is 31.1 Å². The lowest BCUT2D eigenvalue weighted by Crippen LogP contribution is -2.56. The van der Waals surface area contributed by atoms with Gasteiger partial charge in [-0.05, 0) is 109 Å². The summed E-state index contributed by atoms with van der Waals surface area (Å²) >= 11 is 0. The van der Waals surface area contributed by atoms with Gasteiger partial charge >= 0.3 is 7.82 Å². The number of pyridine rings is 2. The maximum absolute atomic E-state index is 13.5. The molecule has 0 radical (unpaired) electrons. The monoisotopic (exact) mass is 649 g/mol. The summed E-state index contributed by atoms with van der Waals surface area (Å²) in [7, 11) is -3.83. The highest BCUT2D eigenvalue weighted by Crippen LogP contribution is 2.55. The van der Waals surface area contributed by atoms with E-state index in [1.807, 2.05) is 23.1 Å². The normalized spacial score (nSPS) is 19.2. The summed E-state index contributed by atoms with van der Waals surface area (Å²) in [6, 6.07) is 8.39. The second kappa shape index (κ2) is 13.6. The zero-order chi connectivity index (χ0) is 33.3. The first-order chi connectivity index (χ1) is 21.7. The standard InChI is InChI=1S/C35H48N5O5P/c1-8-28-20-26(15-16-37-28)29-21-27(22-36)33(38-32(29)25-13-14-25)39-17-18-40(30(23-39)24-11-12-24)31(41)10-9-19-43-46(42,44-34(2,3)4)45-35(5,6)7/h8,15-16,20-21,24-25,30H,1,9-14,17-19,23H2,2-7H3. The van der Waals surface area contributed by atoms with Crippen molar-refractivity contribution in [3.63, 3.8) is 0 Å². The number of carbonyl (C=O) groups is 1. The van der Waals surface area contributed by atoms with Crippen LogP contribution in [0.1, 0.15) is 103 Å². The second-order valence-corrected chi connectivity index (χ2v) is 16.1. The van der Waals surface area contributed by atoms with Gasteiger partial charge in [-0.1, -0.05) is 6.58 Å². The third-order valence-corrected chi connectivity index (χ3v) is 10.2. The summed E-state index contributed by atoms with van der Waals surface area (Å²) in [4.78, 5) is 27.3. The molecule has 1 amide bonds. The lowest BCUT2D eigenvalue weighted by Gasteiger charge is -2.42. The number of hydrogen-bond donors (Lipinski definition) is 0. The number of hydrogen-bond acceptors (Lipinski definition) is 9. The molecule has 0 aromatic carbocycles. The zero-order valence-corrected chi connectivity index (χ0v) is 29.0. The molecule has 0 spiro atoms. The molecule has 2 saturated carbocycles. The minimum atomic E-state index is -3.83. The Labute approximate surface area is 273 Å². The molecule has 248 valence electrons. The summed E-state index contributed by atoms with van der Waals surface area (Å²) in [6.07, 6.45) is 8.50. The Morgan fingerprint density at radius 3 is 2.39 bits per heavy atom. The highest BCUT2D eigenvalue weighted by molar-refractivity contribution is 7.48. The van der Waals surface area contributed by atoms with Crippen LogP contribution in [-0.4, -0.2) is 64.3 Å². The van der Waals surface area contributed by atoms with E-state index in [-0.39, 0.29) is 25.0 Å². The number of rotatable bonds is 12. The average Bonchev–Trinajstić information content (AvgIpc) is 3.90. The number of piperazine rings is 1. The summed E-state index contributed by atoms with van der Waals surface area (Å²) in [5.41, 5.74) is 2.88. The van der Waals surface area contributed by atoms with Gasteiger partial charge in [0.1, 0.15) is 11.9 Å². The van der Waals surface area contributed by atoms with Gasteiger partial charge in [0.05, 0.1) is 40.8 Å². The predicted molar refractivity (Wildman–Crippen MR) is 179 cm³/mol. The molecule has 3 heterocycles. The lowest BCUT2D eigenvalue weighted by atomic mass is 9.98. The first-order valence-corrected chi connectivity index (χ1v) is 17.9. The Morgan fingerprint density at radius 1 is 1.11 bits per heavy atom. The topological polar surface area (TPSA) is 118 Å². The fourth-order valence-electron chi connectivity index (χ4n) is 5.95. The molecule has 1 unspecified atom stereocenters. The molecule has 11 heteroatoms. The van der Waals surface area contributed by atoms with E-state index in [2.05, 4.69) is 22.5 Å². The Bertz CT molecular complexity index is 1510. The molecular formula is C35H48N5O5P. The maximum Gasteiger partial charge on any atom is 0.475 e. The zero-order valence-electron chi connectivity index (χ0n) is 28.1. The van der Waals surface area contributed by atoms with Crippen LogP contribution in [0.4, 0.5) is 5.82 Å². The first-order valence-electron chi connectivity index (χ1n) is 16.4. The van der Waals surface area contributed by atoms with Gasteiger partial charge in [-0.2, -0.15) is 5.26 Å². The van der Waals surface area contributed by atoms with Crippen LogP contribution in [0.2, 0.25) is 0 Å². The number of phosphoric acid groups is 1. The number of carbonyl (C=O) groups excluding carboxylic acids is 1. The SMILES string of the molecule is C=Cc1cc(-c2cc(C#N)c(N3CCN(C(=O)CCCOP(=O)(OC(C)(C)C)OC(C)(C)C)C(C4CC4)C3)nc2C2CC2)ccn1. The molecule has 3 aliphatic rings. The Morgan fingerprint density at radius 2 is 1.80 bits per heavy atom. The molecule has 5 rings (SSSR count). The van der Waals surface area contributed by atoms with Gasteiger partial charge in [0, 0.05) is 43.7 Å². The van der Waals surface area contributed by atoms with E-state index >= 15 is 0 Å². The van der Waals surface area contributed by atoms with Crippen molar-refractivity contribution in [3.05, 3.63) is 47.9 Å². The van der Waals surface area contributed by atoms with E-state index in [0.717, 1.165) is 48.2 Å². The van der Waals surface area contributed by atoms with Gasteiger partial charge < -0.3 is 9.80 Å². The van der Waals surface area contributed by atoms with E-state index in [9.17, 15) is 14.6 Å². The molecule has 1 saturated heterocycles. The van der Waals surface area contributed by atoms with Crippen LogP contribution in [0.5, 0.6) is 0 Å². The van der Waals surface area contributed by atoms with Crippen molar-refractivity contribution < 1.29 is 22.9 Å². The molecule has 2 aliphatic carbocycles. The van der Waals surface area contributed by atoms with Crippen molar-refractivity contribution in [3.8, 4) is 17.2 Å². The molecule has 0 N–H and O–H groups in total. The minimum absolute atomic E-state index is 0.0504. The number of amides is 1. The molecule has 3 fully saturated rings. The van der Waals surface area contributed by atoms with Gasteiger partial charge in [0.25, 0.3) is 0 Å². The molecule has 1 aliphatic heterocycles. The summed E-state index contributed by atoms with van der Waals surface area (Å²) < 4.78 is 30.4. The van der Waals surface area contributed by atoms with E-state index in [1.54, 1.807) is 53.8 Å². The highest BCUT2D eigenvalue weighted by atomic mass is 31.2. The average molecular weight is 650 g/mol. The number of aromatic nitrogens is 2. The van der Waals surface area contributed by atoms with Gasteiger partial charge in [-0.3, -0.25) is 23.3 Å². The second-order valence-electron chi connectivity index (χ2n) is 14.6. The molecule has 46 heavy (non-hydrogen) atoms. The summed E-state index contributed by atoms with van der Waals surface area (Å²) in [5, 5.41) is 10.2. The van der Waals surface area contributed by atoms with Gasteiger partial charge in [-0.25, -0.2) is 9.55 Å². The third kappa shape index (κ3) is 8.83. The first kappa shape index (κ1) is 34.3. The van der Waals surface area contributed by atoms with Crippen LogP contribution in [0.3, 0.4) is 0 Å². The van der Waals surface area contributed by atoms with Gasteiger partial charge in [-0.15, -0.1) is 0 Å². The minimum Gasteiger partial charge on any atom is -0.352 e. The van der Waals surface area contributed by atoms with Crippen LogP contribution in [0.25, 0.3) is 17.2 Å². The van der Waals surface area contributed by atoms with E-state index in [4.69, 9.17) is 18.6 Å². The van der Waals surface area contributed by atoms with Crippen LogP contribution >= 0.6 is 7.82 Å². The molecule has 10 nitrogen and oxygen atoms in total. The Balaban J connectivity index is 1.27. The highest BCUT2D eigenvalue weighted by Gasteiger charge is 2.42. The fraction of sp³-hybridized carbons (Fsp3) is 0.600. The fourth-order valence-corrected chi connectivity index (χ4v) is 7.79. The van der Waals surface area contributed by atoms with Crippen molar-refractivity contribution in [2.24, 2.45) is 5.92 Å². The number of anilines is 1. The van der Waals surface area contributed by atoms with Crippen LogP contribution in [-0.2, 0) is 22.9 Å². The smallest absolute Gasteiger partial charge is 0.352 e. The van der Waals surface area contributed by atoms with E-state index in [0.29, 0.717) is 49.3 Å². The van der Waals surface area contributed by atoms with Crippen LogP contribution in [0.15, 0.2) is 31.0 Å². The number of nitrogens with zero attached hydrogens (tertiary/aromatic N) is 5. The molecule has 2 aromatic heterocycles. The maximum atomic E-state index is 13.5. The molecular weight excluding hydrogens is 601 g/mol. The molecule has 2 aromatic rings. The summed E-state index contributed by atoms with van der Waals surface area (Å²) in [5.74, 6) is 1.59. The van der Waals surface area contributed by atoms with Gasteiger partial charge in [0.2, 0.25) is 5.91 Å². The summed E-state index contributed by atoms with van der Waals surface area (Å²) in [6.45, 7) is 16.5. The predicted octanol–water partition coefficient (Wildman–Crippen LogP) is 7.50. The Kier molecular flexibility index (Phi) is 10.1. The van der Waals surface area contributed by atoms with Crippen molar-refractivity contribution in [1.29, 1.82) is 5.26 Å². The van der Waals surface area contributed by atoms with Crippen molar-refractivity contribution in [1.82, 2.24) is 14.9 Å². The van der Waals surface area contributed by atoms with Crippen molar-refractivity contribution in [2.45, 2.75) is 103 Å². The number of phosphoric ester groups is 1. The van der Waals surface area contributed by atoms with E-state index in [1.165, 1.54) is 0 Å². The van der Waals surface area contributed by atoms with E-state index < -0.39 is 19.0 Å². The lowest BCUT2D eigenvalue weighted by molar-refractivity contribution is -0.134. The third-order valence-electron chi connectivity index (χ3n) is 8.18. The largest absolute Gasteiger partial charge is 0.475 e. The van der Waals surface area contributed by atoms with Crippen molar-refractivity contribution >= 4 is 25.6 Å². The molecule has 1 atom stereocenters.